The number of carboxylic acids is 1. The first kappa shape index (κ1) is 12.8. The topological polar surface area (TPSA) is 84.3 Å². The summed E-state index contributed by atoms with van der Waals surface area (Å²) in [6, 6.07) is 6.46. The molecule has 0 spiro atoms. The maximum atomic E-state index is 10.9. The summed E-state index contributed by atoms with van der Waals surface area (Å²) in [5.41, 5.74) is 0.835. The molecule has 6 nitrogen and oxygen atoms in total. The molecule has 2 rings (SSSR count). The van der Waals surface area contributed by atoms with Crippen LogP contribution in [0, 0.1) is 0 Å². The van der Waals surface area contributed by atoms with Gasteiger partial charge in [0.1, 0.15) is 0 Å². The van der Waals surface area contributed by atoms with E-state index in [4.69, 9.17) is 9.84 Å². The van der Waals surface area contributed by atoms with E-state index >= 15 is 0 Å². The zero-order valence-electron chi connectivity index (χ0n) is 10.3. The third-order valence-electron chi connectivity index (χ3n) is 2.29. The van der Waals surface area contributed by atoms with Crippen molar-refractivity contribution in [3.05, 3.63) is 42.2 Å². The van der Waals surface area contributed by atoms with Crippen molar-refractivity contribution in [2.45, 2.75) is 6.92 Å². The Hall–Kier alpha value is -2.63. The molecule has 2 N–H and O–H groups in total. The fourth-order valence-corrected chi connectivity index (χ4v) is 1.50. The Morgan fingerprint density at radius 2 is 2.26 bits per heavy atom. The van der Waals surface area contributed by atoms with Crippen LogP contribution in [0.25, 0.3) is 0 Å². The Balaban J connectivity index is 2.18. The Labute approximate surface area is 110 Å². The van der Waals surface area contributed by atoms with Gasteiger partial charge in [-0.15, -0.1) is 0 Å². The van der Waals surface area contributed by atoms with Crippen molar-refractivity contribution < 1.29 is 14.6 Å². The Morgan fingerprint density at radius 3 is 3.00 bits per heavy atom. The van der Waals surface area contributed by atoms with Gasteiger partial charge in [-0.1, -0.05) is 6.07 Å². The second-order valence-electron chi connectivity index (χ2n) is 3.69. The third-order valence-corrected chi connectivity index (χ3v) is 2.29. The molecule has 1 heterocycles. The fourth-order valence-electron chi connectivity index (χ4n) is 1.50. The number of nitrogens with one attached hydrogen (secondary N) is 1. The highest BCUT2D eigenvalue weighted by Gasteiger charge is 2.04. The minimum Gasteiger partial charge on any atom is -0.478 e. The van der Waals surface area contributed by atoms with E-state index in [9.17, 15) is 4.79 Å². The Bertz CT molecular complexity index is 587. The van der Waals surface area contributed by atoms with Gasteiger partial charge in [0.25, 0.3) is 0 Å². The molecule has 0 aliphatic rings. The van der Waals surface area contributed by atoms with Crippen molar-refractivity contribution in [1.82, 2.24) is 9.97 Å². The fraction of sp³-hybridized carbons (Fsp3) is 0.154. The first-order valence-electron chi connectivity index (χ1n) is 5.74. The highest BCUT2D eigenvalue weighted by atomic mass is 16.5. The van der Waals surface area contributed by atoms with Crippen molar-refractivity contribution in [2.24, 2.45) is 0 Å². The largest absolute Gasteiger partial charge is 0.478 e. The molecule has 0 radical (unpaired) electrons. The van der Waals surface area contributed by atoms with Crippen LogP contribution in [0.4, 0.5) is 11.5 Å². The second-order valence-corrected chi connectivity index (χ2v) is 3.69. The number of rotatable bonds is 5. The molecule has 19 heavy (non-hydrogen) atoms. The lowest BCUT2D eigenvalue weighted by Gasteiger charge is -2.07. The highest BCUT2D eigenvalue weighted by Crippen LogP contribution is 2.17. The Morgan fingerprint density at radius 1 is 1.42 bits per heavy atom. The standard InChI is InChI=1S/C13H13N3O3/c1-2-19-12-8-14-7-11(16-12)15-10-5-3-4-9(6-10)13(17)18/h3-8H,2H2,1H3,(H,15,16)(H,17,18). The lowest BCUT2D eigenvalue weighted by atomic mass is 10.2. The number of hydrogen-bond acceptors (Lipinski definition) is 5. The van der Waals surface area contributed by atoms with E-state index in [0.29, 0.717) is 24.0 Å². The molecule has 0 atom stereocenters. The monoisotopic (exact) mass is 259 g/mol. The van der Waals surface area contributed by atoms with Crippen molar-refractivity contribution in [3.63, 3.8) is 0 Å². The average molecular weight is 259 g/mol. The van der Waals surface area contributed by atoms with E-state index < -0.39 is 5.97 Å². The van der Waals surface area contributed by atoms with Crippen LogP contribution in [-0.2, 0) is 0 Å². The summed E-state index contributed by atoms with van der Waals surface area (Å²) < 4.78 is 5.24. The maximum absolute atomic E-state index is 10.9. The zero-order chi connectivity index (χ0) is 13.7. The number of aromatic carboxylic acids is 1. The van der Waals surface area contributed by atoms with E-state index in [1.54, 1.807) is 12.1 Å². The van der Waals surface area contributed by atoms with Crippen LogP contribution in [0.2, 0.25) is 0 Å². The molecule has 6 heteroatoms. The van der Waals surface area contributed by atoms with Crippen LogP contribution in [0.5, 0.6) is 5.88 Å². The summed E-state index contributed by atoms with van der Waals surface area (Å²) in [6.45, 7) is 2.37. The molecule has 0 amide bonds. The molecule has 2 aromatic rings. The number of carboxylic acid groups (broad SMARTS) is 1. The minimum absolute atomic E-state index is 0.207. The van der Waals surface area contributed by atoms with Gasteiger partial charge in [0.2, 0.25) is 5.88 Å². The van der Waals surface area contributed by atoms with Gasteiger partial charge in [0.05, 0.1) is 24.6 Å². The number of nitrogens with zero attached hydrogens (tertiary/aromatic N) is 2. The van der Waals surface area contributed by atoms with Gasteiger partial charge in [0, 0.05) is 5.69 Å². The van der Waals surface area contributed by atoms with Crippen molar-refractivity contribution in [2.75, 3.05) is 11.9 Å². The second kappa shape index (κ2) is 5.81. The highest BCUT2D eigenvalue weighted by molar-refractivity contribution is 5.89. The van der Waals surface area contributed by atoms with Crippen LogP contribution in [0.3, 0.4) is 0 Å². The van der Waals surface area contributed by atoms with Crippen LogP contribution in [-0.4, -0.2) is 27.7 Å². The van der Waals surface area contributed by atoms with E-state index in [-0.39, 0.29) is 5.56 Å². The van der Waals surface area contributed by atoms with Gasteiger partial charge >= 0.3 is 5.97 Å². The molecule has 0 aliphatic heterocycles. The molecule has 1 aromatic carbocycles. The number of benzene rings is 1. The Kier molecular flexibility index (Phi) is 3.92. The smallest absolute Gasteiger partial charge is 0.335 e. The molecular formula is C13H13N3O3. The SMILES string of the molecule is CCOc1cncc(Nc2cccc(C(=O)O)c2)n1. The summed E-state index contributed by atoms with van der Waals surface area (Å²) in [6.07, 6.45) is 3.05. The van der Waals surface area contributed by atoms with Crippen molar-refractivity contribution in [1.29, 1.82) is 0 Å². The van der Waals surface area contributed by atoms with E-state index in [2.05, 4.69) is 15.3 Å². The van der Waals surface area contributed by atoms with E-state index in [0.717, 1.165) is 0 Å². The van der Waals surface area contributed by atoms with Gasteiger partial charge in [-0.25, -0.2) is 4.79 Å². The summed E-state index contributed by atoms with van der Waals surface area (Å²) >= 11 is 0. The van der Waals surface area contributed by atoms with Gasteiger partial charge in [-0.2, -0.15) is 4.98 Å². The number of hydrogen-bond donors (Lipinski definition) is 2. The molecule has 0 aliphatic carbocycles. The van der Waals surface area contributed by atoms with Gasteiger partial charge in [-0.3, -0.25) is 4.98 Å². The quantitative estimate of drug-likeness (QED) is 0.857. The first-order valence-corrected chi connectivity index (χ1v) is 5.74. The molecular weight excluding hydrogens is 246 g/mol. The molecule has 0 bridgehead atoms. The van der Waals surface area contributed by atoms with Crippen molar-refractivity contribution >= 4 is 17.5 Å². The van der Waals surface area contributed by atoms with E-state index in [1.807, 2.05) is 6.92 Å². The minimum atomic E-state index is -0.974. The summed E-state index contributed by atoms with van der Waals surface area (Å²) in [5.74, 6) is -0.0619. The molecule has 0 saturated carbocycles. The zero-order valence-corrected chi connectivity index (χ0v) is 10.3. The van der Waals surface area contributed by atoms with Crippen LogP contribution >= 0.6 is 0 Å². The third kappa shape index (κ3) is 3.41. The van der Waals surface area contributed by atoms with Crippen LogP contribution < -0.4 is 10.1 Å². The lowest BCUT2D eigenvalue weighted by molar-refractivity contribution is 0.0697. The van der Waals surface area contributed by atoms with Crippen LogP contribution in [0.1, 0.15) is 17.3 Å². The lowest BCUT2D eigenvalue weighted by Crippen LogP contribution is -2.01. The predicted octanol–water partition coefficient (Wildman–Crippen LogP) is 2.32. The van der Waals surface area contributed by atoms with Gasteiger partial charge in [-0.05, 0) is 25.1 Å². The van der Waals surface area contributed by atoms with Gasteiger partial charge in [0.15, 0.2) is 5.82 Å². The van der Waals surface area contributed by atoms with E-state index in [1.165, 1.54) is 24.5 Å². The molecule has 0 saturated heterocycles. The summed E-state index contributed by atoms with van der Waals surface area (Å²) in [7, 11) is 0. The number of carbonyl (C=O) groups is 1. The predicted molar refractivity (Wildman–Crippen MR) is 69.9 cm³/mol. The number of ether oxygens (including phenoxy) is 1. The molecule has 98 valence electrons. The molecule has 0 fully saturated rings. The van der Waals surface area contributed by atoms with Crippen molar-refractivity contribution in [3.8, 4) is 5.88 Å². The number of anilines is 2. The maximum Gasteiger partial charge on any atom is 0.335 e. The van der Waals surface area contributed by atoms with Gasteiger partial charge < -0.3 is 15.2 Å². The summed E-state index contributed by atoms with van der Waals surface area (Å²) in [5, 5.41) is 11.9. The first-order chi connectivity index (χ1) is 9.19. The summed E-state index contributed by atoms with van der Waals surface area (Å²) in [4.78, 5) is 19.0. The molecule has 0 unspecified atom stereocenters. The average Bonchev–Trinajstić information content (AvgIpc) is 2.40. The number of aromatic nitrogens is 2. The van der Waals surface area contributed by atoms with Crippen LogP contribution in [0.15, 0.2) is 36.7 Å². The molecule has 1 aromatic heterocycles. The normalized spacial score (nSPS) is 9.95.